The summed E-state index contributed by atoms with van der Waals surface area (Å²) in [5, 5.41) is 4.21. The van der Waals surface area contributed by atoms with E-state index in [9.17, 15) is 4.79 Å². The molecule has 3 rings (SSSR count). The molecule has 2 aromatic heterocycles. The first-order chi connectivity index (χ1) is 11.9. The van der Waals surface area contributed by atoms with Crippen LogP contribution < -0.4 is 0 Å². The molecule has 0 aliphatic rings. The maximum Gasteiger partial charge on any atom is 0.138 e. The Bertz CT molecular complexity index is 848. The van der Waals surface area contributed by atoms with Gasteiger partial charge >= 0.3 is 0 Å². The first kappa shape index (κ1) is 17.6. The quantitative estimate of drug-likeness (QED) is 0.580. The zero-order valence-electron chi connectivity index (χ0n) is 15.0. The SMILES string of the molecule is Cc1cc(-c2ccc(CC(=O)CC(C)(C)c3ccsc3)cc2)ccn1. The average molecular weight is 349 g/mol. The number of carbonyl (C=O) groups excluding carboxylic acids is 1. The molecule has 0 saturated heterocycles. The molecule has 2 nitrogen and oxygen atoms in total. The number of hydrogen-bond donors (Lipinski definition) is 0. The van der Waals surface area contributed by atoms with Crippen LogP contribution in [0.1, 0.15) is 37.1 Å². The van der Waals surface area contributed by atoms with E-state index in [2.05, 4.69) is 66.0 Å². The molecule has 3 aromatic rings. The van der Waals surface area contributed by atoms with Gasteiger partial charge in [-0.15, -0.1) is 0 Å². The van der Waals surface area contributed by atoms with E-state index in [1.54, 1.807) is 11.3 Å². The lowest BCUT2D eigenvalue weighted by Gasteiger charge is -2.22. The van der Waals surface area contributed by atoms with Crippen molar-refractivity contribution in [3.05, 3.63) is 76.2 Å². The highest BCUT2D eigenvalue weighted by Crippen LogP contribution is 2.29. The van der Waals surface area contributed by atoms with E-state index in [0.717, 1.165) is 22.4 Å². The topological polar surface area (TPSA) is 30.0 Å². The summed E-state index contributed by atoms with van der Waals surface area (Å²) in [5.41, 5.74) is 5.53. The van der Waals surface area contributed by atoms with Gasteiger partial charge in [-0.1, -0.05) is 38.1 Å². The van der Waals surface area contributed by atoms with Crippen molar-refractivity contribution in [3.63, 3.8) is 0 Å². The minimum absolute atomic E-state index is 0.106. The van der Waals surface area contributed by atoms with Crippen LogP contribution in [0.2, 0.25) is 0 Å². The van der Waals surface area contributed by atoms with Gasteiger partial charge in [0.25, 0.3) is 0 Å². The molecule has 128 valence electrons. The fourth-order valence-electron chi connectivity index (χ4n) is 3.07. The van der Waals surface area contributed by atoms with E-state index in [1.807, 2.05) is 19.2 Å². The number of rotatable bonds is 6. The van der Waals surface area contributed by atoms with Crippen molar-refractivity contribution in [2.45, 2.75) is 39.0 Å². The van der Waals surface area contributed by atoms with Crippen molar-refractivity contribution < 1.29 is 4.79 Å². The molecule has 0 amide bonds. The van der Waals surface area contributed by atoms with Gasteiger partial charge in [0.1, 0.15) is 5.78 Å². The van der Waals surface area contributed by atoms with Gasteiger partial charge in [-0.05, 0) is 63.6 Å². The lowest BCUT2D eigenvalue weighted by molar-refractivity contribution is -0.119. The molecule has 25 heavy (non-hydrogen) atoms. The molecule has 0 fully saturated rings. The number of carbonyl (C=O) groups is 1. The van der Waals surface area contributed by atoms with Gasteiger partial charge < -0.3 is 0 Å². The second kappa shape index (κ2) is 7.32. The molecular formula is C22H23NOS. The number of nitrogens with zero attached hydrogens (tertiary/aromatic N) is 1. The highest BCUT2D eigenvalue weighted by Gasteiger charge is 2.24. The summed E-state index contributed by atoms with van der Waals surface area (Å²) in [6.45, 7) is 6.27. The predicted molar refractivity (Wildman–Crippen MR) is 105 cm³/mol. The monoisotopic (exact) mass is 349 g/mol. The number of Topliss-reactive ketones (excluding diaryl/α,β-unsaturated/α-hetero) is 1. The molecule has 1 aromatic carbocycles. The third kappa shape index (κ3) is 4.43. The first-order valence-electron chi connectivity index (χ1n) is 8.50. The number of ketones is 1. The van der Waals surface area contributed by atoms with Crippen LogP contribution in [0.15, 0.2) is 59.4 Å². The van der Waals surface area contributed by atoms with E-state index in [-0.39, 0.29) is 11.2 Å². The lowest BCUT2D eigenvalue weighted by Crippen LogP contribution is -2.22. The summed E-state index contributed by atoms with van der Waals surface area (Å²) >= 11 is 1.68. The van der Waals surface area contributed by atoms with Gasteiger partial charge in [0.15, 0.2) is 0 Å². The number of hydrogen-bond acceptors (Lipinski definition) is 3. The number of benzene rings is 1. The van der Waals surface area contributed by atoms with Crippen LogP contribution in [-0.4, -0.2) is 10.8 Å². The van der Waals surface area contributed by atoms with Gasteiger partial charge in [-0.25, -0.2) is 0 Å². The maximum atomic E-state index is 12.5. The smallest absolute Gasteiger partial charge is 0.138 e. The van der Waals surface area contributed by atoms with Crippen LogP contribution in [0.4, 0.5) is 0 Å². The van der Waals surface area contributed by atoms with E-state index in [4.69, 9.17) is 0 Å². The average Bonchev–Trinajstić information content (AvgIpc) is 3.10. The lowest BCUT2D eigenvalue weighted by atomic mass is 9.81. The number of thiophene rings is 1. The first-order valence-corrected chi connectivity index (χ1v) is 9.45. The number of aryl methyl sites for hydroxylation is 1. The normalized spacial score (nSPS) is 11.5. The molecule has 0 spiro atoms. The van der Waals surface area contributed by atoms with Gasteiger partial charge in [0.05, 0.1) is 0 Å². The summed E-state index contributed by atoms with van der Waals surface area (Å²) in [7, 11) is 0. The molecule has 0 aliphatic carbocycles. The van der Waals surface area contributed by atoms with Gasteiger partial charge in [0, 0.05) is 24.7 Å². The third-order valence-electron chi connectivity index (χ3n) is 4.53. The predicted octanol–water partition coefficient (Wildman–Crippen LogP) is 5.60. The summed E-state index contributed by atoms with van der Waals surface area (Å²) in [5.74, 6) is 0.281. The van der Waals surface area contributed by atoms with Crippen LogP contribution in [0.3, 0.4) is 0 Å². The van der Waals surface area contributed by atoms with Crippen LogP contribution in [0.25, 0.3) is 11.1 Å². The van der Waals surface area contributed by atoms with E-state index in [0.29, 0.717) is 12.8 Å². The highest BCUT2D eigenvalue weighted by molar-refractivity contribution is 7.08. The Morgan fingerprint density at radius 3 is 2.48 bits per heavy atom. The van der Waals surface area contributed by atoms with E-state index in [1.165, 1.54) is 5.56 Å². The molecule has 3 heteroatoms. The second-order valence-electron chi connectivity index (χ2n) is 7.17. The van der Waals surface area contributed by atoms with Crippen LogP contribution >= 0.6 is 11.3 Å². The third-order valence-corrected chi connectivity index (χ3v) is 5.21. The summed E-state index contributed by atoms with van der Waals surface area (Å²) < 4.78 is 0. The van der Waals surface area contributed by atoms with Gasteiger partial charge in [0.2, 0.25) is 0 Å². The Balaban J connectivity index is 1.66. The van der Waals surface area contributed by atoms with Crippen molar-refractivity contribution in [3.8, 4) is 11.1 Å². The Morgan fingerprint density at radius 1 is 1.08 bits per heavy atom. The molecule has 0 aliphatic heterocycles. The Kier molecular flexibility index (Phi) is 5.14. The Morgan fingerprint density at radius 2 is 1.84 bits per heavy atom. The van der Waals surface area contributed by atoms with Gasteiger partial charge in [-0.3, -0.25) is 9.78 Å². The number of aromatic nitrogens is 1. The van der Waals surface area contributed by atoms with Crippen LogP contribution in [-0.2, 0) is 16.6 Å². The zero-order chi connectivity index (χ0) is 17.9. The van der Waals surface area contributed by atoms with E-state index >= 15 is 0 Å². The fraction of sp³-hybridized carbons (Fsp3) is 0.273. The molecule has 0 N–H and O–H groups in total. The van der Waals surface area contributed by atoms with Crippen LogP contribution in [0.5, 0.6) is 0 Å². The van der Waals surface area contributed by atoms with E-state index < -0.39 is 0 Å². The zero-order valence-corrected chi connectivity index (χ0v) is 15.8. The van der Waals surface area contributed by atoms with Crippen molar-refractivity contribution in [1.82, 2.24) is 4.98 Å². The molecular weight excluding hydrogens is 326 g/mol. The summed E-state index contributed by atoms with van der Waals surface area (Å²) in [6, 6.07) is 14.5. The maximum absolute atomic E-state index is 12.5. The highest BCUT2D eigenvalue weighted by atomic mass is 32.1. The standard InChI is InChI=1S/C22H23NOS/c1-16-12-19(8-10-23-16)18-6-4-17(5-7-18)13-21(24)14-22(2,3)20-9-11-25-15-20/h4-12,15H,13-14H2,1-3H3. The number of pyridine rings is 1. The fourth-order valence-corrected chi connectivity index (χ4v) is 3.92. The molecule has 0 unspecified atom stereocenters. The Labute approximate surface area is 153 Å². The largest absolute Gasteiger partial charge is 0.299 e. The van der Waals surface area contributed by atoms with Crippen LogP contribution in [0, 0.1) is 6.92 Å². The van der Waals surface area contributed by atoms with Gasteiger partial charge in [-0.2, -0.15) is 11.3 Å². The summed E-state index contributed by atoms with van der Waals surface area (Å²) in [6.07, 6.45) is 2.88. The van der Waals surface area contributed by atoms with Crippen molar-refractivity contribution in [2.75, 3.05) is 0 Å². The minimum Gasteiger partial charge on any atom is -0.299 e. The molecule has 2 heterocycles. The summed E-state index contributed by atoms with van der Waals surface area (Å²) in [4.78, 5) is 16.8. The molecule has 0 saturated carbocycles. The van der Waals surface area contributed by atoms with Crippen molar-refractivity contribution >= 4 is 17.1 Å². The molecule has 0 radical (unpaired) electrons. The molecule has 0 atom stereocenters. The minimum atomic E-state index is -0.106. The Hall–Kier alpha value is -2.26. The molecule has 0 bridgehead atoms. The van der Waals surface area contributed by atoms with Crippen molar-refractivity contribution in [1.29, 1.82) is 0 Å². The van der Waals surface area contributed by atoms with Crippen molar-refractivity contribution in [2.24, 2.45) is 0 Å². The second-order valence-corrected chi connectivity index (χ2v) is 7.95.